The van der Waals surface area contributed by atoms with Crippen molar-refractivity contribution in [2.45, 2.75) is 31.2 Å². The van der Waals surface area contributed by atoms with Gasteiger partial charge in [-0.25, -0.2) is 13.6 Å². The minimum Gasteiger partial charge on any atom is -0.480 e. The lowest BCUT2D eigenvalue weighted by molar-refractivity contribution is -0.155. The van der Waals surface area contributed by atoms with Gasteiger partial charge in [0, 0.05) is 0 Å². The molecule has 0 aromatic carbocycles. The van der Waals surface area contributed by atoms with Crippen LogP contribution in [0.4, 0.5) is 8.78 Å². The summed E-state index contributed by atoms with van der Waals surface area (Å²) in [6.45, 7) is 0. The molecule has 1 aliphatic rings. The molecule has 70 valence electrons. The summed E-state index contributed by atoms with van der Waals surface area (Å²) in [4.78, 5) is 10.5. The number of carboxylic acids is 1. The van der Waals surface area contributed by atoms with Crippen LogP contribution in [0.2, 0.25) is 0 Å². The Kier molecular flexibility index (Phi) is 2.32. The van der Waals surface area contributed by atoms with E-state index in [0.29, 0.717) is 12.8 Å². The third-order valence-corrected chi connectivity index (χ3v) is 2.51. The van der Waals surface area contributed by atoms with Crippen molar-refractivity contribution in [2.24, 2.45) is 11.7 Å². The summed E-state index contributed by atoms with van der Waals surface area (Å²) < 4.78 is 24.6. The molecule has 12 heavy (non-hydrogen) atoms. The first-order valence-corrected chi connectivity index (χ1v) is 3.80. The predicted molar refractivity (Wildman–Crippen MR) is 37.9 cm³/mol. The third-order valence-electron chi connectivity index (χ3n) is 2.51. The van der Waals surface area contributed by atoms with Gasteiger partial charge >= 0.3 is 5.97 Å². The Morgan fingerprint density at radius 2 is 2.08 bits per heavy atom. The van der Waals surface area contributed by atoms with Crippen LogP contribution < -0.4 is 5.73 Å². The molecule has 1 rings (SSSR count). The fourth-order valence-corrected chi connectivity index (χ4v) is 1.33. The van der Waals surface area contributed by atoms with E-state index in [1.807, 2.05) is 0 Å². The lowest BCUT2D eigenvalue weighted by Gasteiger charge is -2.38. The van der Waals surface area contributed by atoms with Gasteiger partial charge in [-0.15, -0.1) is 0 Å². The van der Waals surface area contributed by atoms with Crippen molar-refractivity contribution < 1.29 is 18.7 Å². The van der Waals surface area contributed by atoms with Crippen molar-refractivity contribution >= 4 is 5.97 Å². The number of nitrogens with two attached hydrogens (primary N) is 1. The van der Waals surface area contributed by atoms with Gasteiger partial charge in [-0.05, 0) is 18.8 Å². The molecule has 3 N–H and O–H groups in total. The predicted octanol–water partition coefficient (Wildman–Crippen LogP) is 0.834. The molecule has 0 heterocycles. The van der Waals surface area contributed by atoms with Crippen molar-refractivity contribution in [2.75, 3.05) is 0 Å². The van der Waals surface area contributed by atoms with Crippen LogP contribution in [0, 0.1) is 5.92 Å². The molecular weight excluding hydrogens is 168 g/mol. The molecule has 1 unspecified atom stereocenters. The summed E-state index contributed by atoms with van der Waals surface area (Å²) in [7, 11) is 0. The number of halogens is 2. The van der Waals surface area contributed by atoms with E-state index in [4.69, 9.17) is 10.8 Å². The molecule has 1 aliphatic carbocycles. The maximum absolute atomic E-state index is 12.3. The van der Waals surface area contributed by atoms with Crippen LogP contribution in [0.25, 0.3) is 0 Å². The highest BCUT2D eigenvalue weighted by atomic mass is 19.3. The Bertz CT molecular complexity index is 194. The van der Waals surface area contributed by atoms with Crippen LogP contribution in [0.15, 0.2) is 0 Å². The van der Waals surface area contributed by atoms with E-state index in [2.05, 4.69) is 0 Å². The summed E-state index contributed by atoms with van der Waals surface area (Å²) in [6.07, 6.45) is -1.20. The molecule has 0 amide bonds. The normalized spacial score (nSPS) is 23.3. The molecular formula is C7H11F2NO2. The standard InChI is InChI=1S/C7H11F2NO2/c8-5(9)7(10,6(11)12)4-2-1-3-4/h4-5H,1-3,10H2,(H,11,12). The van der Waals surface area contributed by atoms with E-state index in [1.54, 1.807) is 0 Å². The summed E-state index contributed by atoms with van der Waals surface area (Å²) in [5, 5.41) is 8.53. The van der Waals surface area contributed by atoms with Crippen LogP contribution in [-0.2, 0) is 4.79 Å². The number of carbonyl (C=O) groups is 1. The Morgan fingerprint density at radius 3 is 2.17 bits per heavy atom. The van der Waals surface area contributed by atoms with E-state index in [9.17, 15) is 13.6 Å². The van der Waals surface area contributed by atoms with Crippen LogP contribution >= 0.6 is 0 Å². The largest absolute Gasteiger partial charge is 0.480 e. The minimum atomic E-state index is -2.99. The van der Waals surface area contributed by atoms with E-state index < -0.39 is 23.9 Å². The average molecular weight is 179 g/mol. The SMILES string of the molecule is NC(C(=O)O)(C(F)F)C1CCC1. The number of carboxylic acid groups (broad SMARTS) is 1. The molecule has 0 aromatic heterocycles. The van der Waals surface area contributed by atoms with Crippen LogP contribution in [0.1, 0.15) is 19.3 Å². The molecule has 0 spiro atoms. The van der Waals surface area contributed by atoms with Crippen LogP contribution in [0.3, 0.4) is 0 Å². The molecule has 0 bridgehead atoms. The maximum atomic E-state index is 12.3. The second kappa shape index (κ2) is 2.97. The Labute approximate surface area is 68.5 Å². The quantitative estimate of drug-likeness (QED) is 0.674. The van der Waals surface area contributed by atoms with Crippen LogP contribution in [-0.4, -0.2) is 23.0 Å². The van der Waals surface area contributed by atoms with E-state index in [-0.39, 0.29) is 0 Å². The smallest absolute Gasteiger partial charge is 0.329 e. The molecule has 0 aromatic rings. The fourth-order valence-electron chi connectivity index (χ4n) is 1.33. The average Bonchev–Trinajstić information content (AvgIpc) is 1.82. The van der Waals surface area contributed by atoms with E-state index in [0.717, 1.165) is 6.42 Å². The van der Waals surface area contributed by atoms with Gasteiger partial charge in [-0.3, -0.25) is 0 Å². The zero-order chi connectivity index (χ0) is 9.35. The lowest BCUT2D eigenvalue weighted by Crippen LogP contribution is -2.61. The highest BCUT2D eigenvalue weighted by Crippen LogP contribution is 2.38. The van der Waals surface area contributed by atoms with Crippen LogP contribution in [0.5, 0.6) is 0 Å². The number of hydrogen-bond donors (Lipinski definition) is 2. The van der Waals surface area contributed by atoms with Gasteiger partial charge in [0.15, 0.2) is 5.54 Å². The molecule has 1 fully saturated rings. The van der Waals surface area contributed by atoms with Gasteiger partial charge < -0.3 is 10.8 Å². The number of aliphatic carboxylic acids is 1. The molecule has 3 nitrogen and oxygen atoms in total. The molecule has 5 heteroatoms. The van der Waals surface area contributed by atoms with Crippen molar-refractivity contribution in [3.63, 3.8) is 0 Å². The van der Waals surface area contributed by atoms with Gasteiger partial charge in [0.2, 0.25) is 0 Å². The van der Waals surface area contributed by atoms with Crippen molar-refractivity contribution in [3.05, 3.63) is 0 Å². The third kappa shape index (κ3) is 1.18. The van der Waals surface area contributed by atoms with E-state index in [1.165, 1.54) is 0 Å². The number of hydrogen-bond acceptors (Lipinski definition) is 2. The molecule has 0 radical (unpaired) electrons. The first-order valence-electron chi connectivity index (χ1n) is 3.80. The molecule has 1 atom stereocenters. The molecule has 0 aliphatic heterocycles. The second-order valence-electron chi connectivity index (χ2n) is 3.17. The summed E-state index contributed by atoms with van der Waals surface area (Å²) in [5.41, 5.74) is 2.82. The summed E-state index contributed by atoms with van der Waals surface area (Å²) >= 11 is 0. The lowest BCUT2D eigenvalue weighted by atomic mass is 9.71. The first kappa shape index (κ1) is 9.38. The van der Waals surface area contributed by atoms with E-state index >= 15 is 0 Å². The highest BCUT2D eigenvalue weighted by Gasteiger charge is 2.52. The van der Waals surface area contributed by atoms with Crippen molar-refractivity contribution in [3.8, 4) is 0 Å². The van der Waals surface area contributed by atoms with Crippen molar-refractivity contribution in [1.82, 2.24) is 0 Å². The zero-order valence-corrected chi connectivity index (χ0v) is 6.46. The Balaban J connectivity index is 2.77. The first-order chi connectivity index (χ1) is 5.49. The highest BCUT2D eigenvalue weighted by molar-refractivity contribution is 5.79. The molecule has 1 saturated carbocycles. The zero-order valence-electron chi connectivity index (χ0n) is 6.46. The number of alkyl halides is 2. The van der Waals surface area contributed by atoms with Gasteiger partial charge in [0.1, 0.15) is 0 Å². The minimum absolute atomic E-state index is 0.493. The Morgan fingerprint density at radius 1 is 1.58 bits per heavy atom. The maximum Gasteiger partial charge on any atom is 0.329 e. The topological polar surface area (TPSA) is 63.3 Å². The van der Waals surface area contributed by atoms with Gasteiger partial charge in [-0.2, -0.15) is 0 Å². The Hall–Kier alpha value is -0.710. The summed E-state index contributed by atoms with van der Waals surface area (Å²) in [6, 6.07) is 0. The second-order valence-corrected chi connectivity index (χ2v) is 3.17. The fraction of sp³-hybridized carbons (Fsp3) is 0.857. The van der Waals surface area contributed by atoms with Crippen molar-refractivity contribution in [1.29, 1.82) is 0 Å². The molecule has 0 saturated heterocycles. The van der Waals surface area contributed by atoms with Gasteiger partial charge in [0.25, 0.3) is 6.43 Å². The monoisotopic (exact) mass is 179 g/mol. The summed E-state index contributed by atoms with van der Waals surface area (Å²) in [5.74, 6) is -2.16. The number of rotatable bonds is 3. The van der Waals surface area contributed by atoms with Gasteiger partial charge in [0.05, 0.1) is 0 Å². The van der Waals surface area contributed by atoms with Gasteiger partial charge in [-0.1, -0.05) is 6.42 Å².